The minimum Gasteiger partial charge on any atom is -0.324 e. The molecule has 1 aliphatic rings. The Hall–Kier alpha value is -0.950. The van der Waals surface area contributed by atoms with Crippen molar-refractivity contribution >= 4 is 9.84 Å². The van der Waals surface area contributed by atoms with Crippen LogP contribution in [0.3, 0.4) is 0 Å². The van der Waals surface area contributed by atoms with Crippen LogP contribution in [0.5, 0.6) is 0 Å². The van der Waals surface area contributed by atoms with E-state index in [-0.39, 0.29) is 18.1 Å². The standard InChI is InChI=1S/C9H16N4O2S/c1-9(3-2-4-16(14,15)6-9)8-11-7(5-10)12-13-8/h2-6,10H2,1H3,(H,11,12,13). The molecular weight excluding hydrogens is 228 g/mol. The third-order valence-electron chi connectivity index (χ3n) is 2.99. The highest BCUT2D eigenvalue weighted by Gasteiger charge is 2.39. The van der Waals surface area contributed by atoms with Crippen LogP contribution in [0, 0.1) is 0 Å². The molecule has 0 radical (unpaired) electrons. The van der Waals surface area contributed by atoms with Crippen molar-refractivity contribution in [1.82, 2.24) is 15.2 Å². The van der Waals surface area contributed by atoms with E-state index in [1.165, 1.54) is 0 Å². The lowest BCUT2D eigenvalue weighted by Gasteiger charge is -2.30. The van der Waals surface area contributed by atoms with Gasteiger partial charge in [0.1, 0.15) is 5.82 Å². The van der Waals surface area contributed by atoms with Crippen LogP contribution in [0.2, 0.25) is 0 Å². The van der Waals surface area contributed by atoms with E-state index >= 15 is 0 Å². The highest BCUT2D eigenvalue weighted by atomic mass is 32.2. The monoisotopic (exact) mass is 244 g/mol. The Kier molecular flexibility index (Phi) is 2.75. The van der Waals surface area contributed by atoms with Gasteiger partial charge in [-0.25, -0.2) is 13.4 Å². The molecule has 0 spiro atoms. The van der Waals surface area contributed by atoms with Crippen LogP contribution in [0.1, 0.15) is 31.4 Å². The lowest BCUT2D eigenvalue weighted by atomic mass is 9.86. The van der Waals surface area contributed by atoms with E-state index in [0.717, 1.165) is 6.42 Å². The Bertz CT molecular complexity index is 481. The lowest BCUT2D eigenvalue weighted by molar-refractivity contribution is 0.423. The van der Waals surface area contributed by atoms with Crippen molar-refractivity contribution in [2.75, 3.05) is 11.5 Å². The van der Waals surface area contributed by atoms with E-state index in [1.54, 1.807) is 0 Å². The molecule has 6 nitrogen and oxygen atoms in total. The van der Waals surface area contributed by atoms with Crippen molar-refractivity contribution < 1.29 is 8.42 Å². The Morgan fingerprint density at radius 2 is 2.31 bits per heavy atom. The smallest absolute Gasteiger partial charge is 0.157 e. The molecule has 2 heterocycles. The molecule has 1 aliphatic heterocycles. The largest absolute Gasteiger partial charge is 0.324 e. The first-order valence-corrected chi connectivity index (χ1v) is 7.10. The van der Waals surface area contributed by atoms with E-state index in [2.05, 4.69) is 15.2 Å². The fraction of sp³-hybridized carbons (Fsp3) is 0.778. The van der Waals surface area contributed by atoms with E-state index in [4.69, 9.17) is 5.73 Å². The predicted octanol–water partition coefficient (Wildman–Crippen LogP) is -0.270. The van der Waals surface area contributed by atoms with Crippen molar-refractivity contribution in [1.29, 1.82) is 0 Å². The van der Waals surface area contributed by atoms with E-state index in [0.29, 0.717) is 18.1 Å². The van der Waals surface area contributed by atoms with E-state index in [9.17, 15) is 8.42 Å². The zero-order valence-corrected chi connectivity index (χ0v) is 10.0. The average molecular weight is 244 g/mol. The molecule has 2 rings (SSSR count). The molecule has 7 heteroatoms. The zero-order valence-electron chi connectivity index (χ0n) is 9.23. The summed E-state index contributed by atoms with van der Waals surface area (Å²) in [6.45, 7) is 2.18. The Labute approximate surface area is 94.6 Å². The highest BCUT2D eigenvalue weighted by molar-refractivity contribution is 7.91. The molecule has 1 saturated heterocycles. The van der Waals surface area contributed by atoms with Crippen LogP contribution >= 0.6 is 0 Å². The van der Waals surface area contributed by atoms with Gasteiger partial charge in [-0.3, -0.25) is 5.10 Å². The van der Waals surface area contributed by atoms with Crippen LogP contribution in [0.15, 0.2) is 0 Å². The van der Waals surface area contributed by atoms with Gasteiger partial charge in [-0.15, -0.1) is 0 Å². The molecule has 3 N–H and O–H groups in total. The second-order valence-corrected chi connectivity index (χ2v) is 6.75. The van der Waals surface area contributed by atoms with Gasteiger partial charge < -0.3 is 5.73 Å². The summed E-state index contributed by atoms with van der Waals surface area (Å²) in [5, 5.41) is 6.79. The molecular formula is C9H16N4O2S. The summed E-state index contributed by atoms with van der Waals surface area (Å²) < 4.78 is 23.3. The summed E-state index contributed by atoms with van der Waals surface area (Å²) in [6.07, 6.45) is 1.47. The molecule has 1 unspecified atom stereocenters. The number of nitrogens with zero attached hydrogens (tertiary/aromatic N) is 2. The minimum absolute atomic E-state index is 0.127. The minimum atomic E-state index is -2.96. The van der Waals surface area contributed by atoms with Crippen LogP contribution < -0.4 is 5.73 Å². The number of hydrogen-bond donors (Lipinski definition) is 2. The van der Waals surface area contributed by atoms with Gasteiger partial charge in [0.15, 0.2) is 15.7 Å². The molecule has 1 atom stereocenters. The summed E-state index contributed by atoms with van der Waals surface area (Å²) in [7, 11) is -2.96. The normalized spacial score (nSPS) is 29.1. The number of nitrogens with one attached hydrogen (secondary N) is 1. The maximum Gasteiger partial charge on any atom is 0.157 e. The van der Waals surface area contributed by atoms with Gasteiger partial charge in [-0.2, -0.15) is 5.10 Å². The third kappa shape index (κ3) is 2.10. The number of aromatic amines is 1. The topological polar surface area (TPSA) is 102 Å². The van der Waals surface area contributed by atoms with E-state index < -0.39 is 15.3 Å². The van der Waals surface area contributed by atoms with Crippen LogP contribution in [-0.2, 0) is 21.8 Å². The summed E-state index contributed by atoms with van der Waals surface area (Å²) in [5.74, 6) is 1.56. The van der Waals surface area contributed by atoms with Crippen LogP contribution in [-0.4, -0.2) is 35.1 Å². The first-order chi connectivity index (χ1) is 7.45. The van der Waals surface area contributed by atoms with Crippen molar-refractivity contribution in [3.8, 4) is 0 Å². The van der Waals surface area contributed by atoms with Gasteiger partial charge in [0.2, 0.25) is 0 Å². The second-order valence-electron chi connectivity index (χ2n) is 4.57. The molecule has 0 aromatic carbocycles. The number of rotatable bonds is 2. The average Bonchev–Trinajstić information content (AvgIpc) is 2.64. The molecule has 0 amide bonds. The van der Waals surface area contributed by atoms with Gasteiger partial charge in [0.25, 0.3) is 0 Å². The summed E-state index contributed by atoms with van der Waals surface area (Å²) in [4.78, 5) is 4.23. The van der Waals surface area contributed by atoms with Gasteiger partial charge >= 0.3 is 0 Å². The molecule has 0 bridgehead atoms. The molecule has 90 valence electrons. The van der Waals surface area contributed by atoms with Crippen molar-refractivity contribution in [2.45, 2.75) is 31.7 Å². The predicted molar refractivity (Wildman–Crippen MR) is 59.5 cm³/mol. The fourth-order valence-electron chi connectivity index (χ4n) is 2.14. The molecule has 1 aromatic heterocycles. The van der Waals surface area contributed by atoms with Gasteiger partial charge in [-0.1, -0.05) is 6.92 Å². The quantitative estimate of drug-likeness (QED) is 0.745. The lowest BCUT2D eigenvalue weighted by Crippen LogP contribution is -2.38. The van der Waals surface area contributed by atoms with Crippen molar-refractivity contribution in [2.24, 2.45) is 5.73 Å². The van der Waals surface area contributed by atoms with Crippen molar-refractivity contribution in [3.05, 3.63) is 11.6 Å². The van der Waals surface area contributed by atoms with Crippen LogP contribution in [0.4, 0.5) is 0 Å². The molecule has 0 aliphatic carbocycles. The zero-order chi connectivity index (χ0) is 11.8. The number of sulfone groups is 1. The van der Waals surface area contributed by atoms with E-state index in [1.807, 2.05) is 6.92 Å². The SMILES string of the molecule is CC1(c2n[nH]c(CN)n2)CCCS(=O)(=O)C1. The maximum absolute atomic E-state index is 11.6. The molecule has 0 saturated carbocycles. The van der Waals surface area contributed by atoms with Gasteiger partial charge in [0, 0.05) is 5.41 Å². The number of nitrogens with two attached hydrogens (primary N) is 1. The van der Waals surface area contributed by atoms with Crippen LogP contribution in [0.25, 0.3) is 0 Å². The summed E-state index contributed by atoms with van der Waals surface area (Å²) >= 11 is 0. The summed E-state index contributed by atoms with van der Waals surface area (Å²) in [5.41, 5.74) is 4.97. The number of H-pyrrole nitrogens is 1. The highest BCUT2D eigenvalue weighted by Crippen LogP contribution is 2.32. The van der Waals surface area contributed by atoms with Gasteiger partial charge in [-0.05, 0) is 12.8 Å². The third-order valence-corrected chi connectivity index (χ3v) is 4.97. The van der Waals surface area contributed by atoms with Gasteiger partial charge in [0.05, 0.1) is 18.1 Å². The Balaban J connectivity index is 2.31. The first-order valence-electron chi connectivity index (χ1n) is 5.27. The fourth-order valence-corrected chi connectivity index (χ4v) is 4.12. The van der Waals surface area contributed by atoms with Crippen molar-refractivity contribution in [3.63, 3.8) is 0 Å². The maximum atomic E-state index is 11.6. The molecule has 16 heavy (non-hydrogen) atoms. The Morgan fingerprint density at radius 1 is 1.56 bits per heavy atom. The Morgan fingerprint density at radius 3 is 2.88 bits per heavy atom. The number of hydrogen-bond acceptors (Lipinski definition) is 5. The molecule has 1 aromatic rings. The second kappa shape index (κ2) is 3.81. The first kappa shape index (κ1) is 11.5. The summed E-state index contributed by atoms with van der Waals surface area (Å²) in [6, 6.07) is 0. The number of aromatic nitrogens is 3. The molecule has 1 fully saturated rings.